The molecule has 21 heavy (non-hydrogen) atoms. The van der Waals surface area contributed by atoms with Gasteiger partial charge in [0.1, 0.15) is 18.2 Å². The molecule has 0 fully saturated rings. The van der Waals surface area contributed by atoms with Gasteiger partial charge in [-0.2, -0.15) is 0 Å². The van der Waals surface area contributed by atoms with Crippen LogP contribution in [0.4, 0.5) is 14.5 Å². The molecule has 0 spiro atoms. The van der Waals surface area contributed by atoms with Gasteiger partial charge in [-0.15, -0.1) is 0 Å². The third-order valence-corrected chi connectivity index (χ3v) is 3.36. The van der Waals surface area contributed by atoms with Crippen molar-refractivity contribution in [3.63, 3.8) is 0 Å². The molecule has 0 aromatic heterocycles. The van der Waals surface area contributed by atoms with Gasteiger partial charge in [-0.25, -0.2) is 13.6 Å². The Kier molecular flexibility index (Phi) is 4.65. The second kappa shape index (κ2) is 6.28. The number of hydrogen-bond acceptors (Lipinski definition) is 3. The van der Waals surface area contributed by atoms with Crippen LogP contribution in [0.15, 0.2) is 30.3 Å². The van der Waals surface area contributed by atoms with Crippen molar-refractivity contribution >= 4 is 34.9 Å². The molecule has 0 saturated carbocycles. The van der Waals surface area contributed by atoms with Gasteiger partial charge >= 0.3 is 5.97 Å². The van der Waals surface area contributed by atoms with Crippen molar-refractivity contribution in [3.05, 3.63) is 63.1 Å². The zero-order chi connectivity index (χ0) is 15.6. The van der Waals surface area contributed by atoms with Crippen LogP contribution in [0.25, 0.3) is 0 Å². The first-order valence-electron chi connectivity index (χ1n) is 5.73. The van der Waals surface area contributed by atoms with Crippen molar-refractivity contribution < 1.29 is 18.3 Å². The van der Waals surface area contributed by atoms with E-state index in [0.717, 1.165) is 18.2 Å². The molecule has 0 heterocycles. The summed E-state index contributed by atoms with van der Waals surface area (Å²) in [6.45, 7) is -0.309. The van der Waals surface area contributed by atoms with Crippen LogP contribution in [0.5, 0.6) is 0 Å². The zero-order valence-electron chi connectivity index (χ0n) is 10.5. The molecule has 2 N–H and O–H groups in total. The molecule has 0 bridgehead atoms. The van der Waals surface area contributed by atoms with E-state index in [2.05, 4.69) is 0 Å². The molecule has 0 saturated heterocycles. The smallest absolute Gasteiger partial charge is 0.340 e. The highest BCUT2D eigenvalue weighted by molar-refractivity contribution is 6.44. The highest BCUT2D eigenvalue weighted by Crippen LogP contribution is 2.29. The quantitative estimate of drug-likeness (QED) is 0.677. The standard InChI is InChI=1S/C14H9Cl2F2NO2/c15-12-5-10(19)4-11(13(12)16)14(20)21-6-7-1-8(17)3-9(18)2-7/h1-5H,6,19H2. The number of nitrogens with two attached hydrogens (primary N) is 1. The van der Waals surface area contributed by atoms with Crippen LogP contribution in [0.1, 0.15) is 15.9 Å². The third-order valence-electron chi connectivity index (χ3n) is 2.56. The number of carbonyl (C=O) groups is 1. The molecular weight excluding hydrogens is 323 g/mol. The number of ether oxygens (including phenoxy) is 1. The van der Waals surface area contributed by atoms with Crippen LogP contribution in [0, 0.1) is 11.6 Å². The number of rotatable bonds is 3. The zero-order valence-corrected chi connectivity index (χ0v) is 12.0. The van der Waals surface area contributed by atoms with Crippen LogP contribution in [-0.2, 0) is 11.3 Å². The molecule has 0 radical (unpaired) electrons. The molecule has 110 valence electrons. The maximum atomic E-state index is 13.0. The molecule has 2 aromatic rings. The minimum Gasteiger partial charge on any atom is -0.457 e. The summed E-state index contributed by atoms with van der Waals surface area (Å²) >= 11 is 11.7. The number of carbonyl (C=O) groups excluding carboxylic acids is 1. The minimum absolute atomic E-state index is 0.00119. The lowest BCUT2D eigenvalue weighted by Crippen LogP contribution is -2.07. The lowest BCUT2D eigenvalue weighted by Gasteiger charge is -2.08. The van der Waals surface area contributed by atoms with Gasteiger partial charge in [0.2, 0.25) is 0 Å². The highest BCUT2D eigenvalue weighted by atomic mass is 35.5. The molecule has 0 aliphatic carbocycles. The van der Waals surface area contributed by atoms with Gasteiger partial charge in [0.15, 0.2) is 0 Å². The van der Waals surface area contributed by atoms with E-state index in [1.165, 1.54) is 12.1 Å². The van der Waals surface area contributed by atoms with Gasteiger partial charge in [0, 0.05) is 11.8 Å². The topological polar surface area (TPSA) is 52.3 Å². The predicted molar refractivity (Wildman–Crippen MR) is 76.4 cm³/mol. The Bertz CT molecular complexity index is 687. The van der Waals surface area contributed by atoms with Crippen molar-refractivity contribution in [1.82, 2.24) is 0 Å². The Morgan fingerprint density at radius 3 is 2.33 bits per heavy atom. The fourth-order valence-corrected chi connectivity index (χ4v) is 2.09. The van der Waals surface area contributed by atoms with E-state index in [-0.39, 0.29) is 33.5 Å². The van der Waals surface area contributed by atoms with Gasteiger partial charge < -0.3 is 10.5 Å². The average molecular weight is 332 g/mol. The summed E-state index contributed by atoms with van der Waals surface area (Å²) in [6, 6.07) is 5.54. The number of halogens is 4. The number of esters is 1. The van der Waals surface area contributed by atoms with Gasteiger partial charge in [-0.05, 0) is 29.8 Å². The van der Waals surface area contributed by atoms with E-state index in [4.69, 9.17) is 33.7 Å². The predicted octanol–water partition coefficient (Wildman–Crippen LogP) is 4.21. The van der Waals surface area contributed by atoms with Crippen molar-refractivity contribution in [2.45, 2.75) is 6.61 Å². The molecule has 0 aliphatic heterocycles. The SMILES string of the molecule is Nc1cc(Cl)c(Cl)c(C(=O)OCc2cc(F)cc(F)c2)c1. The second-order valence-corrected chi connectivity index (χ2v) is 5.00. The third kappa shape index (κ3) is 3.83. The van der Waals surface area contributed by atoms with Crippen molar-refractivity contribution in [3.8, 4) is 0 Å². The average Bonchev–Trinajstić information content (AvgIpc) is 2.39. The van der Waals surface area contributed by atoms with Crippen molar-refractivity contribution in [2.24, 2.45) is 0 Å². The summed E-state index contributed by atoms with van der Waals surface area (Å²) in [5.74, 6) is -2.31. The van der Waals surface area contributed by atoms with E-state index in [1.807, 2.05) is 0 Å². The van der Waals surface area contributed by atoms with Gasteiger partial charge in [0.05, 0.1) is 15.6 Å². The molecular formula is C14H9Cl2F2NO2. The maximum absolute atomic E-state index is 13.0. The minimum atomic E-state index is -0.793. The molecule has 0 amide bonds. The summed E-state index contributed by atoms with van der Waals surface area (Å²) in [6.07, 6.45) is 0. The molecule has 3 nitrogen and oxygen atoms in total. The van der Waals surface area contributed by atoms with E-state index in [1.54, 1.807) is 0 Å². The normalized spacial score (nSPS) is 10.5. The Morgan fingerprint density at radius 2 is 1.71 bits per heavy atom. The maximum Gasteiger partial charge on any atom is 0.340 e. The largest absolute Gasteiger partial charge is 0.457 e. The summed E-state index contributed by atoms with van der Waals surface area (Å²) in [5, 5.41) is 0.113. The number of hydrogen-bond donors (Lipinski definition) is 1. The monoisotopic (exact) mass is 331 g/mol. The number of benzene rings is 2. The second-order valence-electron chi connectivity index (χ2n) is 4.22. The van der Waals surface area contributed by atoms with Crippen molar-refractivity contribution in [2.75, 3.05) is 5.73 Å². The fraction of sp³-hybridized carbons (Fsp3) is 0.0714. The molecule has 2 aromatic carbocycles. The number of anilines is 1. The summed E-state index contributed by atoms with van der Waals surface area (Å²) < 4.78 is 31.0. The van der Waals surface area contributed by atoms with Crippen molar-refractivity contribution in [1.29, 1.82) is 0 Å². The van der Waals surface area contributed by atoms with Crippen LogP contribution in [-0.4, -0.2) is 5.97 Å². The van der Waals surface area contributed by atoms with E-state index < -0.39 is 17.6 Å². The summed E-state index contributed by atoms with van der Waals surface area (Å²) in [4.78, 5) is 11.9. The molecule has 0 aliphatic rings. The Morgan fingerprint density at radius 1 is 1.10 bits per heavy atom. The van der Waals surface area contributed by atoms with Crippen LogP contribution < -0.4 is 5.73 Å². The molecule has 0 unspecified atom stereocenters. The Balaban J connectivity index is 2.15. The lowest BCUT2D eigenvalue weighted by atomic mass is 10.2. The van der Waals surface area contributed by atoms with Crippen LogP contribution in [0.3, 0.4) is 0 Å². The van der Waals surface area contributed by atoms with E-state index in [0.29, 0.717) is 0 Å². The molecule has 2 rings (SSSR count). The first kappa shape index (κ1) is 15.5. The van der Waals surface area contributed by atoms with Gasteiger partial charge in [0.25, 0.3) is 0 Å². The summed E-state index contributed by atoms with van der Waals surface area (Å²) in [5.41, 5.74) is 5.96. The summed E-state index contributed by atoms with van der Waals surface area (Å²) in [7, 11) is 0. The van der Waals surface area contributed by atoms with Gasteiger partial charge in [-0.3, -0.25) is 0 Å². The van der Waals surface area contributed by atoms with E-state index in [9.17, 15) is 13.6 Å². The highest BCUT2D eigenvalue weighted by Gasteiger charge is 2.16. The first-order valence-corrected chi connectivity index (χ1v) is 6.49. The lowest BCUT2D eigenvalue weighted by molar-refractivity contribution is 0.0472. The molecule has 7 heteroatoms. The van der Waals surface area contributed by atoms with Crippen LogP contribution >= 0.6 is 23.2 Å². The van der Waals surface area contributed by atoms with Gasteiger partial charge in [-0.1, -0.05) is 23.2 Å². The van der Waals surface area contributed by atoms with Crippen LogP contribution in [0.2, 0.25) is 10.0 Å². The Hall–Kier alpha value is -1.85. The van der Waals surface area contributed by atoms with E-state index >= 15 is 0 Å². The molecule has 0 atom stereocenters. The fourth-order valence-electron chi connectivity index (χ4n) is 1.68. The number of nitrogen functional groups attached to an aromatic ring is 1. The first-order chi connectivity index (χ1) is 9.86. The Labute approximate surface area is 129 Å².